The molecule has 0 aliphatic heterocycles. The topological polar surface area (TPSA) is 63.2 Å². The van der Waals surface area contributed by atoms with E-state index in [0.717, 1.165) is 22.3 Å². The molecule has 0 aliphatic carbocycles. The summed E-state index contributed by atoms with van der Waals surface area (Å²) in [6.45, 7) is 8.35. The first kappa shape index (κ1) is 27.6. The Bertz CT molecular complexity index is 1120. The fourth-order valence-corrected chi connectivity index (χ4v) is 3.42. The van der Waals surface area contributed by atoms with Crippen molar-refractivity contribution in [3.8, 4) is 28.7 Å². The molecule has 6 heteroatoms. The van der Waals surface area contributed by atoms with Crippen LogP contribution in [0.2, 0.25) is 0 Å². The van der Waals surface area contributed by atoms with Crippen LogP contribution in [-0.4, -0.2) is 40.8 Å². The standard InChI is InChI=1S/C29H36O6/c1-19(2)9-12-22-25(32-6)18-27(35-16-15-20(3)4)28(29(22)34-8)23(30)13-10-21-11-14-24(31-5)26(17-21)33-7/h9-11,13-15,17-18H,12,16H2,1-8H3/b13-10+. The van der Waals surface area contributed by atoms with Gasteiger partial charge in [-0.15, -0.1) is 0 Å². The summed E-state index contributed by atoms with van der Waals surface area (Å²) in [5, 5.41) is 0. The summed E-state index contributed by atoms with van der Waals surface area (Å²) >= 11 is 0. The third kappa shape index (κ3) is 7.41. The van der Waals surface area contributed by atoms with Crippen molar-refractivity contribution in [2.24, 2.45) is 0 Å². The minimum atomic E-state index is -0.245. The summed E-state index contributed by atoms with van der Waals surface area (Å²) in [6, 6.07) is 7.21. The average Bonchev–Trinajstić information content (AvgIpc) is 2.84. The number of methoxy groups -OCH3 is 4. The highest BCUT2D eigenvalue weighted by atomic mass is 16.5. The number of allylic oxidation sites excluding steroid dienone is 4. The van der Waals surface area contributed by atoms with Crippen LogP contribution in [0.5, 0.6) is 28.7 Å². The van der Waals surface area contributed by atoms with Crippen LogP contribution in [0.4, 0.5) is 0 Å². The summed E-state index contributed by atoms with van der Waals surface area (Å²) in [5.41, 5.74) is 4.20. The van der Waals surface area contributed by atoms with Gasteiger partial charge in [-0.1, -0.05) is 29.4 Å². The lowest BCUT2D eigenvalue weighted by Gasteiger charge is -2.19. The molecule has 188 valence electrons. The van der Waals surface area contributed by atoms with Crippen molar-refractivity contribution in [2.45, 2.75) is 34.1 Å². The molecule has 2 aromatic carbocycles. The second-order valence-corrected chi connectivity index (χ2v) is 8.35. The molecule has 0 N–H and O–H groups in total. The maximum atomic E-state index is 13.5. The molecule has 0 fully saturated rings. The fourth-order valence-electron chi connectivity index (χ4n) is 3.42. The van der Waals surface area contributed by atoms with Crippen LogP contribution in [0, 0.1) is 0 Å². The number of carbonyl (C=O) groups excluding carboxylic acids is 1. The molecule has 6 nitrogen and oxygen atoms in total. The molecule has 0 atom stereocenters. The second kappa shape index (κ2) is 13.3. The van der Waals surface area contributed by atoms with E-state index in [4.69, 9.17) is 23.7 Å². The number of ketones is 1. The number of hydrogen-bond acceptors (Lipinski definition) is 6. The zero-order valence-electron chi connectivity index (χ0n) is 22.0. The van der Waals surface area contributed by atoms with E-state index in [0.29, 0.717) is 47.3 Å². The third-order valence-corrected chi connectivity index (χ3v) is 5.26. The first-order valence-corrected chi connectivity index (χ1v) is 11.4. The van der Waals surface area contributed by atoms with Crippen LogP contribution in [0.15, 0.2) is 53.6 Å². The normalized spacial score (nSPS) is 10.5. The number of benzene rings is 2. The first-order chi connectivity index (χ1) is 16.7. The molecule has 0 saturated heterocycles. The Balaban J connectivity index is 2.59. The molecular formula is C29H36O6. The Morgan fingerprint density at radius 2 is 1.43 bits per heavy atom. The molecule has 0 unspecified atom stereocenters. The molecule has 0 amide bonds. The van der Waals surface area contributed by atoms with Gasteiger partial charge < -0.3 is 23.7 Å². The summed E-state index contributed by atoms with van der Waals surface area (Å²) in [6.07, 6.45) is 7.80. The maximum absolute atomic E-state index is 13.5. The molecular weight excluding hydrogens is 444 g/mol. The first-order valence-electron chi connectivity index (χ1n) is 11.4. The van der Waals surface area contributed by atoms with Crippen LogP contribution >= 0.6 is 0 Å². The van der Waals surface area contributed by atoms with Gasteiger partial charge in [0.05, 0.1) is 28.4 Å². The Hall–Kier alpha value is -3.67. The average molecular weight is 481 g/mol. The highest BCUT2D eigenvalue weighted by molar-refractivity contribution is 6.11. The number of rotatable bonds is 12. The van der Waals surface area contributed by atoms with Crippen molar-refractivity contribution >= 4 is 11.9 Å². The van der Waals surface area contributed by atoms with Gasteiger partial charge >= 0.3 is 0 Å². The van der Waals surface area contributed by atoms with Gasteiger partial charge in [0.2, 0.25) is 0 Å². The highest BCUT2D eigenvalue weighted by Gasteiger charge is 2.24. The summed E-state index contributed by atoms with van der Waals surface area (Å²) in [5.74, 6) is 2.40. The van der Waals surface area contributed by atoms with E-state index >= 15 is 0 Å². The lowest BCUT2D eigenvalue weighted by atomic mass is 9.98. The molecule has 0 saturated carbocycles. The van der Waals surface area contributed by atoms with Gasteiger partial charge in [-0.3, -0.25) is 4.79 Å². The third-order valence-electron chi connectivity index (χ3n) is 5.26. The van der Waals surface area contributed by atoms with Crippen molar-refractivity contribution in [1.82, 2.24) is 0 Å². The molecule has 0 aromatic heterocycles. The number of carbonyl (C=O) groups is 1. The van der Waals surface area contributed by atoms with Crippen molar-refractivity contribution in [3.05, 3.63) is 70.3 Å². The van der Waals surface area contributed by atoms with E-state index in [1.807, 2.05) is 39.8 Å². The Morgan fingerprint density at radius 1 is 0.771 bits per heavy atom. The monoisotopic (exact) mass is 480 g/mol. The number of ether oxygens (including phenoxy) is 5. The molecule has 0 spiro atoms. The van der Waals surface area contributed by atoms with Gasteiger partial charge in [0, 0.05) is 11.6 Å². The van der Waals surface area contributed by atoms with Gasteiger partial charge in [-0.25, -0.2) is 0 Å². The minimum absolute atomic E-state index is 0.245. The molecule has 35 heavy (non-hydrogen) atoms. The maximum Gasteiger partial charge on any atom is 0.193 e. The van der Waals surface area contributed by atoms with Crippen molar-refractivity contribution in [2.75, 3.05) is 35.0 Å². The van der Waals surface area contributed by atoms with Crippen LogP contribution in [-0.2, 0) is 6.42 Å². The smallest absolute Gasteiger partial charge is 0.193 e. The quantitative estimate of drug-likeness (QED) is 0.197. The van der Waals surface area contributed by atoms with E-state index in [-0.39, 0.29) is 5.78 Å². The van der Waals surface area contributed by atoms with E-state index in [1.54, 1.807) is 52.7 Å². The summed E-state index contributed by atoms with van der Waals surface area (Å²) < 4.78 is 28.1. The molecule has 0 radical (unpaired) electrons. The Kier molecular flexibility index (Phi) is 10.5. The predicted octanol–water partition coefficient (Wildman–Crippen LogP) is 6.47. The molecule has 2 rings (SSSR count). The molecule has 0 heterocycles. The van der Waals surface area contributed by atoms with Crippen LogP contribution in [0.25, 0.3) is 6.08 Å². The highest BCUT2D eigenvalue weighted by Crippen LogP contribution is 2.40. The molecule has 0 bridgehead atoms. The van der Waals surface area contributed by atoms with Gasteiger partial charge in [0.15, 0.2) is 17.3 Å². The van der Waals surface area contributed by atoms with Crippen molar-refractivity contribution < 1.29 is 28.5 Å². The van der Waals surface area contributed by atoms with E-state index in [2.05, 4.69) is 6.08 Å². The summed E-state index contributed by atoms with van der Waals surface area (Å²) in [4.78, 5) is 13.5. The van der Waals surface area contributed by atoms with Gasteiger partial charge in [0.25, 0.3) is 0 Å². The largest absolute Gasteiger partial charge is 0.496 e. The molecule has 0 aliphatic rings. The van der Waals surface area contributed by atoms with Gasteiger partial charge in [-0.05, 0) is 64.0 Å². The fraction of sp³-hybridized carbons (Fsp3) is 0.345. The van der Waals surface area contributed by atoms with Crippen LogP contribution < -0.4 is 23.7 Å². The van der Waals surface area contributed by atoms with Gasteiger partial charge in [0.1, 0.15) is 29.4 Å². The predicted molar refractivity (Wildman–Crippen MR) is 141 cm³/mol. The lowest BCUT2D eigenvalue weighted by Crippen LogP contribution is -2.09. The van der Waals surface area contributed by atoms with Gasteiger partial charge in [-0.2, -0.15) is 0 Å². The minimum Gasteiger partial charge on any atom is -0.496 e. The van der Waals surface area contributed by atoms with E-state index in [1.165, 1.54) is 6.08 Å². The van der Waals surface area contributed by atoms with Crippen LogP contribution in [0.3, 0.4) is 0 Å². The van der Waals surface area contributed by atoms with Crippen LogP contribution in [0.1, 0.15) is 49.2 Å². The zero-order valence-corrected chi connectivity index (χ0v) is 22.0. The van der Waals surface area contributed by atoms with E-state index < -0.39 is 0 Å². The Labute approximate surface area is 208 Å². The molecule has 2 aromatic rings. The summed E-state index contributed by atoms with van der Waals surface area (Å²) in [7, 11) is 6.30. The lowest BCUT2D eigenvalue weighted by molar-refractivity contribution is 0.104. The van der Waals surface area contributed by atoms with Crippen molar-refractivity contribution in [3.63, 3.8) is 0 Å². The van der Waals surface area contributed by atoms with Crippen molar-refractivity contribution in [1.29, 1.82) is 0 Å². The second-order valence-electron chi connectivity index (χ2n) is 8.35. The zero-order chi connectivity index (χ0) is 26.0. The Morgan fingerprint density at radius 3 is 2.00 bits per heavy atom. The van der Waals surface area contributed by atoms with E-state index in [9.17, 15) is 4.79 Å². The number of hydrogen-bond donors (Lipinski definition) is 0. The SMILES string of the molecule is COc1ccc(/C=C/C(=O)c2c(OCC=C(C)C)cc(OC)c(CC=C(C)C)c2OC)cc1OC.